The summed E-state index contributed by atoms with van der Waals surface area (Å²) in [6.07, 6.45) is 0.836. The Labute approximate surface area is 131 Å². The van der Waals surface area contributed by atoms with E-state index in [2.05, 4.69) is 6.58 Å². The van der Waals surface area contributed by atoms with E-state index in [1.807, 2.05) is 37.3 Å². The molecule has 0 spiro atoms. The van der Waals surface area contributed by atoms with Gasteiger partial charge in [0, 0.05) is 13.1 Å². The monoisotopic (exact) mass is 305 g/mol. The van der Waals surface area contributed by atoms with Crippen LogP contribution in [-0.2, 0) is 25.6 Å². The molecule has 1 amide bonds. The second-order valence-corrected chi connectivity index (χ2v) is 4.77. The first-order valence-corrected chi connectivity index (χ1v) is 7.29. The first kappa shape index (κ1) is 17.9. The van der Waals surface area contributed by atoms with Crippen molar-refractivity contribution in [3.63, 3.8) is 0 Å². The van der Waals surface area contributed by atoms with Gasteiger partial charge in [0.2, 0.25) is 0 Å². The van der Waals surface area contributed by atoms with Crippen molar-refractivity contribution in [3.05, 3.63) is 48.6 Å². The van der Waals surface area contributed by atoms with Crippen LogP contribution in [0.1, 0.15) is 19.4 Å². The average molecular weight is 305 g/mol. The summed E-state index contributed by atoms with van der Waals surface area (Å²) < 4.78 is 10.1. The molecule has 0 saturated carbocycles. The molecule has 1 aromatic rings. The highest BCUT2D eigenvalue weighted by Gasteiger charge is 2.18. The molecule has 1 atom stereocenters. The Hall–Kier alpha value is -2.14. The van der Waals surface area contributed by atoms with E-state index < -0.39 is 12.1 Å². The van der Waals surface area contributed by atoms with Gasteiger partial charge in [0.1, 0.15) is 0 Å². The van der Waals surface area contributed by atoms with E-state index in [1.54, 1.807) is 17.9 Å². The number of esters is 1. The minimum atomic E-state index is -0.713. The number of nitrogens with zero attached hydrogens (tertiary/aromatic N) is 1. The van der Waals surface area contributed by atoms with Gasteiger partial charge in [-0.15, -0.1) is 6.58 Å². The molecule has 5 heteroatoms. The molecule has 0 N–H and O–H groups in total. The van der Waals surface area contributed by atoms with E-state index in [0.717, 1.165) is 5.56 Å². The number of carbonyl (C=O) groups excluding carboxylic acids is 2. The molecule has 1 unspecified atom stereocenters. The zero-order valence-corrected chi connectivity index (χ0v) is 13.2. The van der Waals surface area contributed by atoms with Gasteiger partial charge in [-0.1, -0.05) is 36.4 Å². The molecule has 5 nitrogen and oxygen atoms in total. The van der Waals surface area contributed by atoms with Crippen molar-refractivity contribution in [2.24, 2.45) is 0 Å². The highest BCUT2D eigenvalue weighted by atomic mass is 16.6. The van der Waals surface area contributed by atoms with Crippen molar-refractivity contribution in [2.45, 2.75) is 26.5 Å². The summed E-state index contributed by atoms with van der Waals surface area (Å²) in [4.78, 5) is 25.4. The van der Waals surface area contributed by atoms with Gasteiger partial charge in [0.25, 0.3) is 5.91 Å². The Morgan fingerprint density at radius 1 is 1.32 bits per heavy atom. The van der Waals surface area contributed by atoms with E-state index in [1.165, 1.54) is 0 Å². The van der Waals surface area contributed by atoms with Crippen LogP contribution in [0.15, 0.2) is 43.0 Å². The molecule has 0 aliphatic heterocycles. The summed E-state index contributed by atoms with van der Waals surface area (Å²) in [6, 6.07) is 9.67. The molecule has 22 heavy (non-hydrogen) atoms. The molecule has 1 rings (SSSR count). The van der Waals surface area contributed by atoms with Crippen molar-refractivity contribution in [1.29, 1.82) is 0 Å². The first-order valence-electron chi connectivity index (χ1n) is 7.29. The summed E-state index contributed by atoms with van der Waals surface area (Å²) in [5.41, 5.74) is 1.03. The molecule has 0 aliphatic rings. The highest BCUT2D eigenvalue weighted by molar-refractivity contribution is 5.81. The molecule has 0 aromatic heterocycles. The van der Waals surface area contributed by atoms with Gasteiger partial charge in [-0.3, -0.25) is 4.79 Å². The molecule has 0 fully saturated rings. The summed E-state index contributed by atoms with van der Waals surface area (Å²) in [6.45, 7) is 8.00. The van der Waals surface area contributed by atoms with Gasteiger partial charge in [0.05, 0.1) is 6.61 Å². The number of ether oxygens (including phenoxy) is 2. The number of hydrogen-bond acceptors (Lipinski definition) is 4. The van der Waals surface area contributed by atoms with Gasteiger partial charge in [0.15, 0.2) is 12.7 Å². The van der Waals surface area contributed by atoms with Crippen molar-refractivity contribution in [3.8, 4) is 0 Å². The lowest BCUT2D eigenvalue weighted by Gasteiger charge is -2.21. The van der Waals surface area contributed by atoms with Crippen molar-refractivity contribution < 1.29 is 19.1 Å². The third kappa shape index (κ3) is 6.10. The molecular formula is C17H23NO4. The molecule has 0 bridgehead atoms. The zero-order chi connectivity index (χ0) is 16.4. The lowest BCUT2D eigenvalue weighted by atomic mass is 10.2. The van der Waals surface area contributed by atoms with Crippen LogP contribution in [-0.4, -0.2) is 42.6 Å². The minimum Gasteiger partial charge on any atom is -0.454 e. The number of hydrogen-bond donors (Lipinski definition) is 0. The van der Waals surface area contributed by atoms with E-state index >= 15 is 0 Å². The van der Waals surface area contributed by atoms with Crippen LogP contribution in [0.2, 0.25) is 0 Å². The largest absolute Gasteiger partial charge is 0.454 e. The molecule has 1 aromatic carbocycles. The summed E-state index contributed by atoms with van der Waals surface area (Å²) in [5, 5.41) is 0. The fraction of sp³-hybridized carbons (Fsp3) is 0.412. The van der Waals surface area contributed by atoms with Gasteiger partial charge >= 0.3 is 5.97 Å². The number of carbonyl (C=O) groups is 2. The SMILES string of the molecule is C=CCOC(C)C(=O)OCC(=O)N(CC)Cc1ccccc1. The zero-order valence-electron chi connectivity index (χ0n) is 13.2. The molecule has 120 valence electrons. The third-order valence-electron chi connectivity index (χ3n) is 3.08. The highest BCUT2D eigenvalue weighted by Crippen LogP contribution is 2.05. The fourth-order valence-corrected chi connectivity index (χ4v) is 1.80. The molecule has 0 radical (unpaired) electrons. The Morgan fingerprint density at radius 3 is 2.59 bits per heavy atom. The summed E-state index contributed by atoms with van der Waals surface area (Å²) >= 11 is 0. The Balaban J connectivity index is 2.45. The lowest BCUT2D eigenvalue weighted by Crippen LogP contribution is -2.35. The summed E-state index contributed by atoms with van der Waals surface area (Å²) in [7, 11) is 0. The number of benzene rings is 1. The van der Waals surface area contributed by atoms with Gasteiger partial charge < -0.3 is 14.4 Å². The summed E-state index contributed by atoms with van der Waals surface area (Å²) in [5.74, 6) is -0.776. The molecule has 0 aliphatic carbocycles. The van der Waals surface area contributed by atoms with Crippen LogP contribution in [0, 0.1) is 0 Å². The second-order valence-electron chi connectivity index (χ2n) is 4.77. The molecule has 0 saturated heterocycles. The average Bonchev–Trinajstić information content (AvgIpc) is 2.55. The van der Waals surface area contributed by atoms with E-state index in [9.17, 15) is 9.59 Å². The standard InChI is InChI=1S/C17H23NO4/c1-4-11-21-14(3)17(20)22-13-16(19)18(5-2)12-15-9-7-6-8-10-15/h4,6-10,14H,1,5,11-13H2,2-3H3. The first-order chi connectivity index (χ1) is 10.6. The van der Waals surface area contributed by atoms with E-state index in [4.69, 9.17) is 9.47 Å². The molecular weight excluding hydrogens is 282 g/mol. The lowest BCUT2D eigenvalue weighted by molar-refractivity contribution is -0.160. The van der Waals surface area contributed by atoms with E-state index in [-0.39, 0.29) is 19.1 Å². The fourth-order valence-electron chi connectivity index (χ4n) is 1.80. The Kier molecular flexibility index (Phi) is 7.92. The van der Waals surface area contributed by atoms with Crippen LogP contribution in [0.25, 0.3) is 0 Å². The van der Waals surface area contributed by atoms with Crippen LogP contribution >= 0.6 is 0 Å². The van der Waals surface area contributed by atoms with Gasteiger partial charge in [-0.25, -0.2) is 4.79 Å². The quantitative estimate of drug-likeness (QED) is 0.518. The number of likely N-dealkylation sites (N-methyl/N-ethyl adjacent to an activating group) is 1. The predicted molar refractivity (Wildman–Crippen MR) is 84.1 cm³/mol. The molecule has 0 heterocycles. The Bertz CT molecular complexity index is 487. The van der Waals surface area contributed by atoms with Crippen LogP contribution in [0.3, 0.4) is 0 Å². The predicted octanol–water partition coefficient (Wildman–Crippen LogP) is 2.17. The topological polar surface area (TPSA) is 55.8 Å². The second kappa shape index (κ2) is 9.73. The smallest absolute Gasteiger partial charge is 0.335 e. The minimum absolute atomic E-state index is 0.226. The number of rotatable bonds is 9. The van der Waals surface area contributed by atoms with Gasteiger partial charge in [-0.2, -0.15) is 0 Å². The maximum absolute atomic E-state index is 12.1. The van der Waals surface area contributed by atoms with Crippen LogP contribution in [0.5, 0.6) is 0 Å². The Morgan fingerprint density at radius 2 is 2.00 bits per heavy atom. The van der Waals surface area contributed by atoms with Crippen LogP contribution < -0.4 is 0 Å². The van der Waals surface area contributed by atoms with Gasteiger partial charge in [-0.05, 0) is 19.4 Å². The normalized spacial score (nSPS) is 11.5. The maximum atomic E-state index is 12.1. The maximum Gasteiger partial charge on any atom is 0.335 e. The number of amides is 1. The van der Waals surface area contributed by atoms with Crippen molar-refractivity contribution in [1.82, 2.24) is 4.90 Å². The third-order valence-corrected chi connectivity index (χ3v) is 3.08. The van der Waals surface area contributed by atoms with Crippen molar-refractivity contribution >= 4 is 11.9 Å². The van der Waals surface area contributed by atoms with E-state index in [0.29, 0.717) is 13.1 Å². The van der Waals surface area contributed by atoms with Crippen LogP contribution in [0.4, 0.5) is 0 Å². The van der Waals surface area contributed by atoms with Crippen molar-refractivity contribution in [2.75, 3.05) is 19.8 Å².